The van der Waals surface area contributed by atoms with E-state index in [-0.39, 0.29) is 23.9 Å². The highest BCUT2D eigenvalue weighted by molar-refractivity contribution is 5.95. The van der Waals surface area contributed by atoms with Crippen LogP contribution in [0.15, 0.2) is 24.3 Å². The van der Waals surface area contributed by atoms with Crippen molar-refractivity contribution in [2.45, 2.75) is 24.9 Å². The number of likely N-dealkylation sites (tertiary alicyclic amines) is 2. The maximum atomic E-state index is 12.7. The van der Waals surface area contributed by atoms with Crippen LogP contribution in [0.4, 0.5) is 0 Å². The minimum atomic E-state index is -0.0195. The fourth-order valence-electron chi connectivity index (χ4n) is 3.56. The zero-order chi connectivity index (χ0) is 16.4. The molecule has 1 aromatic carbocycles. The number of nitrogens with zero attached hydrogens (tertiary/aromatic N) is 2. The number of ether oxygens (including phenoxy) is 2. The molecule has 2 aliphatic rings. The number of rotatable bonds is 5. The molecule has 3 rings (SSSR count). The lowest BCUT2D eigenvalue weighted by atomic mass is 10.1. The highest BCUT2D eigenvalue weighted by Crippen LogP contribution is 2.33. The molecule has 0 aliphatic carbocycles. The van der Waals surface area contributed by atoms with E-state index >= 15 is 0 Å². The van der Waals surface area contributed by atoms with Crippen molar-refractivity contribution in [2.75, 3.05) is 33.9 Å². The Kier molecular flexibility index (Phi) is 4.52. The molecule has 0 N–H and O–H groups in total. The SMILES string of the molecule is COCCN1C(=O)C[C@H]2[C@@H]1CCN2C(=O)c1ccc(OC)cc1. The van der Waals surface area contributed by atoms with E-state index < -0.39 is 0 Å². The first kappa shape index (κ1) is 15.8. The van der Waals surface area contributed by atoms with Crippen LogP contribution >= 0.6 is 0 Å². The van der Waals surface area contributed by atoms with Crippen molar-refractivity contribution in [1.82, 2.24) is 9.80 Å². The van der Waals surface area contributed by atoms with Crippen LogP contribution in [0.2, 0.25) is 0 Å². The molecule has 124 valence electrons. The summed E-state index contributed by atoms with van der Waals surface area (Å²) in [6.07, 6.45) is 1.25. The number of amides is 2. The second-order valence-corrected chi connectivity index (χ2v) is 5.93. The highest BCUT2D eigenvalue weighted by Gasteiger charge is 2.48. The Bertz CT molecular complexity index is 587. The van der Waals surface area contributed by atoms with Gasteiger partial charge in [-0.3, -0.25) is 9.59 Å². The van der Waals surface area contributed by atoms with E-state index in [2.05, 4.69) is 0 Å². The molecule has 2 fully saturated rings. The van der Waals surface area contributed by atoms with E-state index in [1.54, 1.807) is 38.5 Å². The largest absolute Gasteiger partial charge is 0.497 e. The number of carbonyl (C=O) groups excluding carboxylic acids is 2. The molecule has 2 amide bonds. The lowest BCUT2D eigenvalue weighted by Crippen LogP contribution is -2.40. The van der Waals surface area contributed by atoms with Crippen molar-refractivity contribution in [1.29, 1.82) is 0 Å². The molecular weight excluding hydrogens is 296 g/mol. The average molecular weight is 318 g/mol. The molecule has 0 unspecified atom stereocenters. The normalized spacial score (nSPS) is 23.3. The number of methoxy groups -OCH3 is 2. The number of benzene rings is 1. The van der Waals surface area contributed by atoms with Crippen LogP contribution in [-0.4, -0.2) is 67.6 Å². The van der Waals surface area contributed by atoms with E-state index in [1.165, 1.54) is 0 Å². The Balaban J connectivity index is 1.72. The Morgan fingerprint density at radius 2 is 1.96 bits per heavy atom. The quantitative estimate of drug-likeness (QED) is 0.817. The van der Waals surface area contributed by atoms with E-state index in [1.807, 2.05) is 9.80 Å². The second kappa shape index (κ2) is 6.58. The van der Waals surface area contributed by atoms with Crippen molar-refractivity contribution in [2.24, 2.45) is 0 Å². The molecule has 2 atom stereocenters. The summed E-state index contributed by atoms with van der Waals surface area (Å²) in [6.45, 7) is 1.82. The van der Waals surface area contributed by atoms with Crippen molar-refractivity contribution < 1.29 is 19.1 Å². The molecule has 23 heavy (non-hydrogen) atoms. The zero-order valence-electron chi connectivity index (χ0n) is 13.5. The van der Waals surface area contributed by atoms with Gasteiger partial charge >= 0.3 is 0 Å². The van der Waals surface area contributed by atoms with Gasteiger partial charge in [-0.15, -0.1) is 0 Å². The van der Waals surface area contributed by atoms with Gasteiger partial charge in [0.05, 0.1) is 25.8 Å². The zero-order valence-corrected chi connectivity index (χ0v) is 13.5. The van der Waals surface area contributed by atoms with E-state index in [9.17, 15) is 9.59 Å². The number of hydrogen-bond donors (Lipinski definition) is 0. The van der Waals surface area contributed by atoms with Gasteiger partial charge in [0.1, 0.15) is 5.75 Å². The fraction of sp³-hybridized carbons (Fsp3) is 0.529. The van der Waals surface area contributed by atoms with Crippen LogP contribution in [0.5, 0.6) is 5.75 Å². The lowest BCUT2D eigenvalue weighted by molar-refractivity contribution is -0.129. The predicted octanol–water partition coefficient (Wildman–Crippen LogP) is 1.16. The number of fused-ring (bicyclic) bond motifs is 1. The van der Waals surface area contributed by atoms with E-state index in [0.717, 1.165) is 12.2 Å². The van der Waals surface area contributed by atoms with Gasteiger partial charge < -0.3 is 19.3 Å². The van der Waals surface area contributed by atoms with Crippen molar-refractivity contribution in [3.63, 3.8) is 0 Å². The smallest absolute Gasteiger partial charge is 0.254 e. The Labute approximate surface area is 136 Å². The van der Waals surface area contributed by atoms with Gasteiger partial charge in [0.25, 0.3) is 5.91 Å². The van der Waals surface area contributed by atoms with Crippen LogP contribution in [0.3, 0.4) is 0 Å². The van der Waals surface area contributed by atoms with Gasteiger partial charge in [-0.2, -0.15) is 0 Å². The minimum absolute atomic E-state index is 0.0125. The third-order valence-electron chi connectivity index (χ3n) is 4.75. The summed E-state index contributed by atoms with van der Waals surface area (Å²) in [4.78, 5) is 28.7. The second-order valence-electron chi connectivity index (χ2n) is 5.93. The molecule has 2 saturated heterocycles. The Morgan fingerprint density at radius 3 is 2.61 bits per heavy atom. The number of hydrogen-bond acceptors (Lipinski definition) is 4. The van der Waals surface area contributed by atoms with Crippen molar-refractivity contribution in [3.05, 3.63) is 29.8 Å². The molecule has 0 radical (unpaired) electrons. The molecule has 2 aliphatic heterocycles. The van der Waals surface area contributed by atoms with Crippen molar-refractivity contribution >= 4 is 11.8 Å². The first-order valence-corrected chi connectivity index (χ1v) is 7.89. The number of carbonyl (C=O) groups is 2. The van der Waals surface area contributed by atoms with Crippen LogP contribution in [0.1, 0.15) is 23.2 Å². The third kappa shape index (κ3) is 2.91. The summed E-state index contributed by atoms with van der Waals surface area (Å²) < 4.78 is 10.2. The van der Waals surface area contributed by atoms with Crippen LogP contribution in [0, 0.1) is 0 Å². The van der Waals surface area contributed by atoms with Gasteiger partial charge in [-0.05, 0) is 30.7 Å². The first-order chi connectivity index (χ1) is 11.2. The predicted molar refractivity (Wildman–Crippen MR) is 84.4 cm³/mol. The van der Waals surface area contributed by atoms with Crippen LogP contribution in [-0.2, 0) is 9.53 Å². The van der Waals surface area contributed by atoms with Gasteiger partial charge in [0.15, 0.2) is 0 Å². The average Bonchev–Trinajstić information content (AvgIpc) is 3.11. The van der Waals surface area contributed by atoms with Crippen LogP contribution in [0.25, 0.3) is 0 Å². The topological polar surface area (TPSA) is 59.1 Å². The van der Waals surface area contributed by atoms with E-state index in [0.29, 0.717) is 31.7 Å². The first-order valence-electron chi connectivity index (χ1n) is 7.89. The summed E-state index contributed by atoms with van der Waals surface area (Å²) >= 11 is 0. The van der Waals surface area contributed by atoms with Gasteiger partial charge in [0, 0.05) is 32.2 Å². The fourth-order valence-corrected chi connectivity index (χ4v) is 3.56. The maximum absolute atomic E-state index is 12.7. The molecule has 2 heterocycles. The van der Waals surface area contributed by atoms with Crippen LogP contribution < -0.4 is 4.74 Å². The van der Waals surface area contributed by atoms with Gasteiger partial charge in [-0.25, -0.2) is 0 Å². The van der Waals surface area contributed by atoms with Gasteiger partial charge in [-0.1, -0.05) is 0 Å². The molecule has 1 aromatic rings. The standard InChI is InChI=1S/C17H22N2O4/c1-22-10-9-18-14-7-8-19(15(14)11-16(18)20)17(21)12-3-5-13(23-2)6-4-12/h3-6,14-15H,7-11H2,1-2H3/t14-,15-/m0/s1. The molecule has 6 nitrogen and oxygen atoms in total. The summed E-state index contributed by atoms with van der Waals surface area (Å²) in [5.41, 5.74) is 0.634. The summed E-state index contributed by atoms with van der Waals surface area (Å²) in [5.74, 6) is 0.827. The molecule has 0 spiro atoms. The molecule has 0 bridgehead atoms. The molecule has 0 saturated carbocycles. The minimum Gasteiger partial charge on any atom is -0.497 e. The molecule has 6 heteroatoms. The Morgan fingerprint density at radius 1 is 1.22 bits per heavy atom. The molecule has 0 aromatic heterocycles. The van der Waals surface area contributed by atoms with Crippen molar-refractivity contribution in [3.8, 4) is 5.75 Å². The third-order valence-corrected chi connectivity index (χ3v) is 4.75. The summed E-state index contributed by atoms with van der Waals surface area (Å²) in [6, 6.07) is 7.22. The summed E-state index contributed by atoms with van der Waals surface area (Å²) in [5, 5.41) is 0. The summed E-state index contributed by atoms with van der Waals surface area (Å²) in [7, 11) is 3.23. The van der Waals surface area contributed by atoms with Gasteiger partial charge in [0.2, 0.25) is 5.91 Å². The lowest BCUT2D eigenvalue weighted by Gasteiger charge is -2.25. The monoisotopic (exact) mass is 318 g/mol. The molecular formula is C17H22N2O4. The van der Waals surface area contributed by atoms with E-state index in [4.69, 9.17) is 9.47 Å². The highest BCUT2D eigenvalue weighted by atomic mass is 16.5. The Hall–Kier alpha value is -2.08. The maximum Gasteiger partial charge on any atom is 0.254 e.